The summed E-state index contributed by atoms with van der Waals surface area (Å²) in [6.07, 6.45) is 0. The summed E-state index contributed by atoms with van der Waals surface area (Å²) in [6, 6.07) is 12.1. The molecule has 5 heteroatoms. The summed E-state index contributed by atoms with van der Waals surface area (Å²) in [4.78, 5) is 0. The van der Waals surface area contributed by atoms with Gasteiger partial charge in [-0.3, -0.25) is 0 Å². The van der Waals surface area contributed by atoms with Crippen LogP contribution in [-0.2, 0) is 0 Å². The second kappa shape index (κ2) is 7.38. The number of benzene rings is 2. The van der Waals surface area contributed by atoms with Crippen LogP contribution in [0, 0.1) is 5.82 Å². The molecule has 0 saturated heterocycles. The number of rotatable bonds is 7. The number of hydrogen-bond acceptors (Lipinski definition) is 4. The Morgan fingerprint density at radius 2 is 1.67 bits per heavy atom. The molecule has 0 unspecified atom stereocenters. The maximum atomic E-state index is 13.5. The highest BCUT2D eigenvalue weighted by molar-refractivity contribution is 5.56. The second-order valence-electron chi connectivity index (χ2n) is 4.26. The van der Waals surface area contributed by atoms with Gasteiger partial charge in [-0.05, 0) is 19.1 Å². The molecule has 0 aliphatic heterocycles. The topological polar surface area (TPSA) is 53.7 Å². The van der Waals surface area contributed by atoms with Crippen molar-refractivity contribution in [2.45, 2.75) is 6.92 Å². The molecule has 112 valence electrons. The van der Waals surface area contributed by atoms with Crippen LogP contribution < -0.4 is 19.9 Å². The molecule has 2 aromatic carbocycles. The average Bonchev–Trinajstić information content (AvgIpc) is 2.49. The molecule has 0 spiro atoms. The summed E-state index contributed by atoms with van der Waals surface area (Å²) < 4.78 is 29.7. The Kier molecular flexibility index (Phi) is 5.26. The van der Waals surface area contributed by atoms with Crippen molar-refractivity contribution in [2.75, 3.05) is 25.6 Å². The summed E-state index contributed by atoms with van der Waals surface area (Å²) in [6.45, 7) is 2.82. The van der Waals surface area contributed by atoms with Gasteiger partial charge in [0, 0.05) is 12.1 Å². The van der Waals surface area contributed by atoms with Crippen LogP contribution in [-0.4, -0.2) is 19.8 Å². The molecule has 0 bridgehead atoms. The van der Waals surface area contributed by atoms with Gasteiger partial charge in [0.2, 0.25) is 0 Å². The fourth-order valence-corrected chi connectivity index (χ4v) is 1.77. The number of ether oxygens (including phenoxy) is 3. The van der Waals surface area contributed by atoms with Crippen molar-refractivity contribution in [2.24, 2.45) is 0 Å². The van der Waals surface area contributed by atoms with Gasteiger partial charge in [-0.1, -0.05) is 18.2 Å². The van der Waals surface area contributed by atoms with E-state index in [1.807, 2.05) is 30.3 Å². The van der Waals surface area contributed by atoms with Gasteiger partial charge in [-0.15, -0.1) is 0 Å². The van der Waals surface area contributed by atoms with Gasteiger partial charge in [0.05, 0.1) is 12.3 Å². The fourth-order valence-electron chi connectivity index (χ4n) is 1.77. The van der Waals surface area contributed by atoms with E-state index < -0.39 is 5.82 Å². The number of para-hydroxylation sites is 1. The third-order valence-corrected chi connectivity index (χ3v) is 2.72. The summed E-state index contributed by atoms with van der Waals surface area (Å²) >= 11 is 0. The minimum Gasteiger partial charge on any atom is -0.491 e. The van der Waals surface area contributed by atoms with Crippen molar-refractivity contribution < 1.29 is 18.6 Å². The van der Waals surface area contributed by atoms with E-state index in [4.69, 9.17) is 19.9 Å². The Morgan fingerprint density at radius 3 is 2.38 bits per heavy atom. The van der Waals surface area contributed by atoms with E-state index in [2.05, 4.69) is 0 Å². The third-order valence-electron chi connectivity index (χ3n) is 2.72. The zero-order chi connectivity index (χ0) is 15.1. The predicted molar refractivity (Wildman–Crippen MR) is 79.4 cm³/mol. The van der Waals surface area contributed by atoms with Gasteiger partial charge < -0.3 is 19.9 Å². The first-order valence-electron chi connectivity index (χ1n) is 6.73. The van der Waals surface area contributed by atoms with Crippen molar-refractivity contribution in [3.8, 4) is 17.2 Å². The average molecular weight is 291 g/mol. The second-order valence-corrected chi connectivity index (χ2v) is 4.26. The van der Waals surface area contributed by atoms with Gasteiger partial charge in [0.25, 0.3) is 0 Å². The van der Waals surface area contributed by atoms with Crippen LogP contribution in [0.5, 0.6) is 17.2 Å². The Morgan fingerprint density at radius 1 is 0.952 bits per heavy atom. The molecule has 0 heterocycles. The van der Waals surface area contributed by atoms with E-state index in [0.29, 0.717) is 25.6 Å². The first kappa shape index (κ1) is 15.0. The van der Waals surface area contributed by atoms with Crippen molar-refractivity contribution in [3.63, 3.8) is 0 Å². The highest BCUT2D eigenvalue weighted by Gasteiger charge is 2.10. The molecule has 4 nitrogen and oxygen atoms in total. The number of nitrogens with two attached hydrogens (primary N) is 1. The highest BCUT2D eigenvalue weighted by atomic mass is 19.1. The Bertz CT molecular complexity index is 575. The molecule has 2 N–H and O–H groups in total. The fraction of sp³-hybridized carbons (Fsp3) is 0.250. The van der Waals surface area contributed by atoms with Crippen molar-refractivity contribution in [1.82, 2.24) is 0 Å². The quantitative estimate of drug-likeness (QED) is 0.628. The molecule has 0 aromatic heterocycles. The highest BCUT2D eigenvalue weighted by Crippen LogP contribution is 2.30. The zero-order valence-electron chi connectivity index (χ0n) is 11.8. The Labute approximate surface area is 123 Å². The number of nitrogen functional groups attached to an aromatic ring is 1. The van der Waals surface area contributed by atoms with Crippen molar-refractivity contribution >= 4 is 5.69 Å². The largest absolute Gasteiger partial charge is 0.491 e. The van der Waals surface area contributed by atoms with Gasteiger partial charge in [0.15, 0.2) is 11.6 Å². The standard InChI is InChI=1S/C16H18FNO3/c1-2-19-15-11-16(14(18)10-13(15)17)21-9-8-20-12-6-4-3-5-7-12/h3-7,10-11H,2,8-9,18H2,1H3. The molecule has 0 saturated carbocycles. The lowest BCUT2D eigenvalue weighted by Gasteiger charge is -2.12. The lowest BCUT2D eigenvalue weighted by Crippen LogP contribution is -2.10. The molecule has 0 atom stereocenters. The van der Waals surface area contributed by atoms with Gasteiger partial charge in [0.1, 0.15) is 24.7 Å². The summed E-state index contributed by atoms with van der Waals surface area (Å²) in [7, 11) is 0. The van der Waals surface area contributed by atoms with Crippen LogP contribution in [0.3, 0.4) is 0 Å². The summed E-state index contributed by atoms with van der Waals surface area (Å²) in [5, 5.41) is 0. The van der Waals surface area contributed by atoms with Gasteiger partial charge in [-0.2, -0.15) is 0 Å². The van der Waals surface area contributed by atoms with E-state index in [9.17, 15) is 4.39 Å². The molecule has 0 fully saturated rings. The van der Waals surface area contributed by atoms with E-state index in [1.165, 1.54) is 12.1 Å². The maximum Gasteiger partial charge on any atom is 0.167 e. The molecular formula is C16H18FNO3. The third kappa shape index (κ3) is 4.27. The smallest absolute Gasteiger partial charge is 0.167 e. The lowest BCUT2D eigenvalue weighted by molar-refractivity contribution is 0.216. The van der Waals surface area contributed by atoms with E-state index in [-0.39, 0.29) is 11.4 Å². The van der Waals surface area contributed by atoms with E-state index in [0.717, 1.165) is 5.75 Å². The van der Waals surface area contributed by atoms with Crippen molar-refractivity contribution in [1.29, 1.82) is 0 Å². The van der Waals surface area contributed by atoms with Gasteiger partial charge >= 0.3 is 0 Å². The molecule has 21 heavy (non-hydrogen) atoms. The first-order valence-corrected chi connectivity index (χ1v) is 6.73. The van der Waals surface area contributed by atoms with Crippen LogP contribution in [0.15, 0.2) is 42.5 Å². The number of anilines is 1. The number of hydrogen-bond donors (Lipinski definition) is 1. The number of halogens is 1. The zero-order valence-corrected chi connectivity index (χ0v) is 11.8. The van der Waals surface area contributed by atoms with Gasteiger partial charge in [-0.25, -0.2) is 4.39 Å². The first-order chi connectivity index (χ1) is 10.2. The van der Waals surface area contributed by atoms with Crippen molar-refractivity contribution in [3.05, 3.63) is 48.3 Å². The van der Waals surface area contributed by atoms with Crippen LogP contribution in [0.2, 0.25) is 0 Å². The summed E-state index contributed by atoms with van der Waals surface area (Å²) in [5.41, 5.74) is 5.95. The van der Waals surface area contributed by atoms with Crippen LogP contribution in [0.25, 0.3) is 0 Å². The molecule has 0 amide bonds. The van der Waals surface area contributed by atoms with E-state index >= 15 is 0 Å². The minimum atomic E-state index is -0.498. The normalized spacial score (nSPS) is 10.2. The SMILES string of the molecule is CCOc1cc(OCCOc2ccccc2)c(N)cc1F. The molecule has 0 radical (unpaired) electrons. The van der Waals surface area contributed by atoms with Crippen LogP contribution >= 0.6 is 0 Å². The Balaban J connectivity index is 1.89. The Hall–Kier alpha value is -2.43. The predicted octanol–water partition coefficient (Wildman–Crippen LogP) is 3.26. The molecule has 2 aromatic rings. The molecular weight excluding hydrogens is 273 g/mol. The molecule has 0 aliphatic rings. The summed E-state index contributed by atoms with van der Waals surface area (Å²) in [5.74, 6) is 0.785. The van der Waals surface area contributed by atoms with E-state index in [1.54, 1.807) is 6.92 Å². The monoisotopic (exact) mass is 291 g/mol. The maximum absolute atomic E-state index is 13.5. The van der Waals surface area contributed by atoms with Crippen LogP contribution in [0.1, 0.15) is 6.92 Å². The molecule has 0 aliphatic carbocycles. The molecule has 2 rings (SSSR count). The minimum absolute atomic E-state index is 0.130. The lowest BCUT2D eigenvalue weighted by atomic mass is 10.2. The van der Waals surface area contributed by atoms with Crippen LogP contribution in [0.4, 0.5) is 10.1 Å².